The maximum absolute atomic E-state index is 14.0. The van der Waals surface area contributed by atoms with E-state index in [1.165, 1.54) is 30.0 Å². The summed E-state index contributed by atoms with van der Waals surface area (Å²) in [6.45, 7) is 3.84. The molecule has 0 aromatic heterocycles. The van der Waals surface area contributed by atoms with Crippen molar-refractivity contribution in [3.05, 3.63) is 64.5 Å². The largest absolute Gasteiger partial charge is 0.417 e. The van der Waals surface area contributed by atoms with Gasteiger partial charge in [-0.05, 0) is 86.8 Å². The van der Waals surface area contributed by atoms with Crippen molar-refractivity contribution in [2.75, 3.05) is 13.1 Å². The average Bonchev–Trinajstić information content (AvgIpc) is 2.81. The van der Waals surface area contributed by atoms with E-state index in [2.05, 4.69) is 11.8 Å². The lowest BCUT2D eigenvalue weighted by atomic mass is 9.81. The molecule has 1 saturated carbocycles. The molecular formula is C27H29F4NOS. The van der Waals surface area contributed by atoms with Gasteiger partial charge < -0.3 is 5.11 Å². The van der Waals surface area contributed by atoms with Gasteiger partial charge in [0.1, 0.15) is 5.82 Å². The fraction of sp³-hybridized carbons (Fsp3) is 0.481. The van der Waals surface area contributed by atoms with Crippen LogP contribution in [0.3, 0.4) is 0 Å². The summed E-state index contributed by atoms with van der Waals surface area (Å²) in [5.74, 6) is 0.164. The third-order valence-corrected chi connectivity index (χ3v) is 8.89. The second-order valence-electron chi connectivity index (χ2n) is 9.74. The highest BCUT2D eigenvalue weighted by Gasteiger charge is 2.39. The molecule has 2 heterocycles. The monoisotopic (exact) mass is 491 g/mol. The molecule has 182 valence electrons. The van der Waals surface area contributed by atoms with E-state index in [0.717, 1.165) is 50.4 Å². The van der Waals surface area contributed by atoms with Gasteiger partial charge in [0.2, 0.25) is 0 Å². The lowest BCUT2D eigenvalue weighted by Crippen LogP contribution is -2.43. The van der Waals surface area contributed by atoms with Gasteiger partial charge in [0, 0.05) is 34.5 Å². The minimum Gasteiger partial charge on any atom is -0.393 e. The molecule has 2 fully saturated rings. The summed E-state index contributed by atoms with van der Waals surface area (Å²) < 4.78 is 56.1. The van der Waals surface area contributed by atoms with Gasteiger partial charge in [-0.1, -0.05) is 29.5 Å². The third kappa shape index (κ3) is 4.54. The van der Waals surface area contributed by atoms with Crippen LogP contribution >= 0.6 is 11.8 Å². The molecule has 5 rings (SSSR count). The van der Waals surface area contributed by atoms with Gasteiger partial charge in [-0.3, -0.25) is 4.90 Å². The van der Waals surface area contributed by atoms with Crippen molar-refractivity contribution in [2.45, 2.75) is 73.6 Å². The minimum atomic E-state index is -4.46. The van der Waals surface area contributed by atoms with Crippen molar-refractivity contribution in [3.63, 3.8) is 0 Å². The first-order chi connectivity index (χ1) is 16.2. The predicted molar refractivity (Wildman–Crippen MR) is 126 cm³/mol. The van der Waals surface area contributed by atoms with E-state index in [4.69, 9.17) is 0 Å². The topological polar surface area (TPSA) is 23.5 Å². The molecule has 2 aliphatic heterocycles. The number of likely N-dealkylation sites (tertiary alicyclic amines) is 1. The van der Waals surface area contributed by atoms with E-state index in [0.29, 0.717) is 45.7 Å². The van der Waals surface area contributed by atoms with Gasteiger partial charge in [-0.2, -0.15) is 13.2 Å². The van der Waals surface area contributed by atoms with Gasteiger partial charge in [0.05, 0.1) is 11.7 Å². The number of fused-ring (bicyclic) bond motifs is 2. The molecule has 2 aromatic rings. The maximum Gasteiger partial charge on any atom is 0.417 e. The number of hydrogen-bond donors (Lipinski definition) is 1. The van der Waals surface area contributed by atoms with Crippen molar-refractivity contribution in [3.8, 4) is 0 Å². The van der Waals surface area contributed by atoms with E-state index >= 15 is 0 Å². The van der Waals surface area contributed by atoms with Crippen LogP contribution in [0, 0.1) is 11.7 Å². The van der Waals surface area contributed by atoms with Gasteiger partial charge in [0.25, 0.3) is 0 Å². The first kappa shape index (κ1) is 23.9. The molecule has 1 unspecified atom stereocenters. The highest BCUT2D eigenvalue weighted by Crippen LogP contribution is 2.51. The molecule has 0 spiro atoms. The number of halogens is 4. The molecule has 1 N–H and O–H groups in total. The van der Waals surface area contributed by atoms with Crippen LogP contribution in [-0.4, -0.2) is 35.2 Å². The zero-order valence-electron chi connectivity index (χ0n) is 19.2. The van der Waals surface area contributed by atoms with Gasteiger partial charge in [-0.15, -0.1) is 0 Å². The van der Waals surface area contributed by atoms with E-state index in [1.54, 1.807) is 12.1 Å². The number of alkyl halides is 3. The molecule has 2 aromatic carbocycles. The number of hydrogen-bond acceptors (Lipinski definition) is 3. The van der Waals surface area contributed by atoms with Crippen molar-refractivity contribution >= 4 is 17.3 Å². The van der Waals surface area contributed by atoms with Crippen LogP contribution < -0.4 is 0 Å². The Balaban J connectivity index is 1.49. The van der Waals surface area contributed by atoms with Crippen LogP contribution in [-0.2, 0) is 6.18 Å². The predicted octanol–water partition coefficient (Wildman–Crippen LogP) is 7.15. The fourth-order valence-corrected chi connectivity index (χ4v) is 7.00. The average molecular weight is 492 g/mol. The summed E-state index contributed by atoms with van der Waals surface area (Å²) >= 11 is 1.21. The van der Waals surface area contributed by atoms with Crippen molar-refractivity contribution < 1.29 is 22.7 Å². The first-order valence-corrected chi connectivity index (χ1v) is 12.9. The fourth-order valence-electron chi connectivity index (χ4n) is 5.85. The van der Waals surface area contributed by atoms with Crippen LogP contribution in [0.1, 0.15) is 62.1 Å². The molecule has 7 heteroatoms. The standard InChI is InChI=1S/C27H29F4NOS/c1-16(17-5-8-20(33)9-6-17)32-13-11-18(12-14-32)25-21-10-7-19(28)15-24(21)34-23-4-2-3-22(26(23)25)27(29,30)31/h2-4,7,10,15-17,20,33H,5-6,8-9,11-14H2,1H3. The molecule has 2 nitrogen and oxygen atoms in total. The zero-order valence-corrected chi connectivity index (χ0v) is 20.0. The molecule has 3 aliphatic rings. The van der Waals surface area contributed by atoms with E-state index in [9.17, 15) is 22.7 Å². The Hall–Kier alpha value is -1.83. The normalized spacial score (nSPS) is 24.5. The van der Waals surface area contributed by atoms with E-state index in [-0.39, 0.29) is 17.5 Å². The Morgan fingerprint density at radius 3 is 2.38 bits per heavy atom. The van der Waals surface area contributed by atoms with Crippen LogP contribution in [0.25, 0.3) is 5.57 Å². The third-order valence-electron chi connectivity index (χ3n) is 7.77. The van der Waals surface area contributed by atoms with Crippen molar-refractivity contribution in [2.24, 2.45) is 5.92 Å². The quantitative estimate of drug-likeness (QED) is 0.385. The van der Waals surface area contributed by atoms with Crippen LogP contribution in [0.2, 0.25) is 0 Å². The van der Waals surface area contributed by atoms with E-state index < -0.39 is 11.7 Å². The molecular weight excluding hydrogens is 462 g/mol. The van der Waals surface area contributed by atoms with Crippen LogP contribution in [0.15, 0.2) is 51.8 Å². The Morgan fingerprint density at radius 1 is 1.00 bits per heavy atom. The van der Waals surface area contributed by atoms with E-state index in [1.807, 2.05) is 0 Å². The Bertz CT molecular complexity index is 1090. The SMILES string of the molecule is CC(C1CCC(O)CC1)N1CCC(=C2c3ccc(F)cc3Sc3cccc(C(F)(F)F)c32)CC1. The summed E-state index contributed by atoms with van der Waals surface area (Å²) in [5, 5.41) is 9.83. The number of aliphatic hydroxyl groups is 1. The Kier molecular flexibility index (Phi) is 6.55. The molecule has 34 heavy (non-hydrogen) atoms. The summed E-state index contributed by atoms with van der Waals surface area (Å²) in [4.78, 5) is 3.66. The number of rotatable bonds is 2. The highest BCUT2D eigenvalue weighted by atomic mass is 32.2. The Labute approximate surface area is 202 Å². The summed E-state index contributed by atoms with van der Waals surface area (Å²) in [5.41, 5.74) is 2.00. The molecule has 1 saturated heterocycles. The minimum absolute atomic E-state index is 0.182. The number of piperidine rings is 1. The molecule has 0 amide bonds. The number of nitrogens with zero attached hydrogens (tertiary/aromatic N) is 1. The van der Waals surface area contributed by atoms with Gasteiger partial charge in [0.15, 0.2) is 0 Å². The van der Waals surface area contributed by atoms with Crippen molar-refractivity contribution in [1.29, 1.82) is 0 Å². The molecule has 0 bridgehead atoms. The number of aliphatic hydroxyl groups excluding tert-OH is 1. The van der Waals surface area contributed by atoms with Crippen LogP contribution in [0.4, 0.5) is 17.6 Å². The first-order valence-electron chi connectivity index (χ1n) is 12.0. The maximum atomic E-state index is 14.0. The number of benzene rings is 2. The summed E-state index contributed by atoms with van der Waals surface area (Å²) in [7, 11) is 0. The Morgan fingerprint density at radius 2 is 1.71 bits per heavy atom. The second kappa shape index (κ2) is 9.32. The molecule has 1 aliphatic carbocycles. The smallest absolute Gasteiger partial charge is 0.393 e. The summed E-state index contributed by atoms with van der Waals surface area (Å²) in [6, 6.07) is 9.10. The lowest BCUT2D eigenvalue weighted by molar-refractivity contribution is -0.137. The van der Waals surface area contributed by atoms with Crippen molar-refractivity contribution in [1.82, 2.24) is 4.90 Å². The van der Waals surface area contributed by atoms with Gasteiger partial charge >= 0.3 is 6.18 Å². The second-order valence-corrected chi connectivity index (χ2v) is 10.8. The summed E-state index contributed by atoms with van der Waals surface area (Å²) in [6.07, 6.45) is 0.482. The van der Waals surface area contributed by atoms with Crippen LogP contribution in [0.5, 0.6) is 0 Å². The molecule has 1 atom stereocenters. The highest BCUT2D eigenvalue weighted by molar-refractivity contribution is 7.99. The molecule has 0 radical (unpaired) electrons. The lowest BCUT2D eigenvalue weighted by Gasteiger charge is -2.41. The van der Waals surface area contributed by atoms with Gasteiger partial charge in [-0.25, -0.2) is 4.39 Å². The zero-order chi connectivity index (χ0) is 24.0.